The van der Waals surface area contributed by atoms with Crippen LogP contribution in [0.5, 0.6) is 0 Å². The van der Waals surface area contributed by atoms with Crippen molar-refractivity contribution in [3.8, 4) is 0 Å². The van der Waals surface area contributed by atoms with Gasteiger partial charge in [-0.15, -0.1) is 0 Å². The third-order valence-corrected chi connectivity index (χ3v) is 3.65. The van der Waals surface area contributed by atoms with Crippen molar-refractivity contribution in [1.29, 1.82) is 0 Å². The van der Waals surface area contributed by atoms with Crippen molar-refractivity contribution < 1.29 is 13.9 Å². The molecule has 108 valence electrons. The van der Waals surface area contributed by atoms with Crippen molar-refractivity contribution >= 4 is 5.91 Å². The van der Waals surface area contributed by atoms with Crippen LogP contribution < -0.4 is 5.32 Å². The van der Waals surface area contributed by atoms with Gasteiger partial charge in [-0.3, -0.25) is 4.79 Å². The van der Waals surface area contributed by atoms with Crippen LogP contribution in [0.15, 0.2) is 48.5 Å². The fourth-order valence-electron chi connectivity index (χ4n) is 2.53. The number of rotatable bonds is 3. The molecule has 0 radical (unpaired) electrons. The average molecular weight is 285 g/mol. The molecule has 1 unspecified atom stereocenters. The quantitative estimate of drug-likeness (QED) is 0.941. The monoisotopic (exact) mass is 285 g/mol. The SMILES string of the molecule is O=C(NCC1OCCc2ccccc21)c1ccc(F)cc1. The number of halogens is 1. The molecule has 2 aromatic carbocycles. The minimum atomic E-state index is -0.351. The Morgan fingerprint density at radius 3 is 2.76 bits per heavy atom. The van der Waals surface area contributed by atoms with Gasteiger partial charge >= 0.3 is 0 Å². The summed E-state index contributed by atoms with van der Waals surface area (Å²) in [6.07, 6.45) is 0.776. The highest BCUT2D eigenvalue weighted by Gasteiger charge is 2.21. The lowest BCUT2D eigenvalue weighted by atomic mass is 9.97. The van der Waals surface area contributed by atoms with Gasteiger partial charge in [-0.05, 0) is 41.8 Å². The van der Waals surface area contributed by atoms with Crippen LogP contribution in [0.2, 0.25) is 0 Å². The lowest BCUT2D eigenvalue weighted by molar-refractivity contribution is 0.0411. The Hall–Kier alpha value is -2.20. The molecule has 1 amide bonds. The summed E-state index contributed by atoms with van der Waals surface area (Å²) >= 11 is 0. The Morgan fingerprint density at radius 2 is 1.95 bits per heavy atom. The van der Waals surface area contributed by atoms with Crippen LogP contribution in [0.4, 0.5) is 4.39 Å². The van der Waals surface area contributed by atoms with Gasteiger partial charge in [-0.25, -0.2) is 4.39 Å². The molecule has 4 heteroatoms. The first kappa shape index (κ1) is 13.8. The average Bonchev–Trinajstić information content (AvgIpc) is 2.53. The molecule has 21 heavy (non-hydrogen) atoms. The smallest absolute Gasteiger partial charge is 0.251 e. The number of hydrogen-bond acceptors (Lipinski definition) is 2. The van der Waals surface area contributed by atoms with Gasteiger partial charge in [-0.2, -0.15) is 0 Å². The zero-order chi connectivity index (χ0) is 14.7. The first-order chi connectivity index (χ1) is 10.2. The van der Waals surface area contributed by atoms with Gasteiger partial charge in [0.1, 0.15) is 11.9 Å². The van der Waals surface area contributed by atoms with Crippen molar-refractivity contribution in [3.05, 3.63) is 71.0 Å². The summed E-state index contributed by atoms with van der Waals surface area (Å²) in [6, 6.07) is 13.6. The van der Waals surface area contributed by atoms with E-state index < -0.39 is 0 Å². The van der Waals surface area contributed by atoms with E-state index in [1.165, 1.54) is 29.8 Å². The van der Waals surface area contributed by atoms with Gasteiger partial charge in [0.05, 0.1) is 6.61 Å². The van der Waals surface area contributed by atoms with Crippen molar-refractivity contribution in [2.75, 3.05) is 13.2 Å². The van der Waals surface area contributed by atoms with Gasteiger partial charge < -0.3 is 10.1 Å². The number of amides is 1. The van der Waals surface area contributed by atoms with E-state index in [0.717, 1.165) is 12.0 Å². The molecule has 0 aliphatic carbocycles. The summed E-state index contributed by atoms with van der Waals surface area (Å²) < 4.78 is 18.6. The largest absolute Gasteiger partial charge is 0.371 e. The molecule has 1 aliphatic rings. The number of carbonyl (C=O) groups is 1. The number of nitrogens with one attached hydrogen (secondary N) is 1. The van der Waals surface area contributed by atoms with Crippen LogP contribution in [0.1, 0.15) is 27.6 Å². The van der Waals surface area contributed by atoms with E-state index in [9.17, 15) is 9.18 Å². The Kier molecular flexibility index (Phi) is 3.97. The van der Waals surface area contributed by atoms with Crippen LogP contribution in [0.25, 0.3) is 0 Å². The summed E-state index contributed by atoms with van der Waals surface area (Å²) in [5.74, 6) is -0.572. The fourth-order valence-corrected chi connectivity index (χ4v) is 2.53. The molecule has 2 aromatic rings. The van der Waals surface area contributed by atoms with Gasteiger partial charge in [0, 0.05) is 12.1 Å². The summed E-state index contributed by atoms with van der Waals surface area (Å²) in [5, 5.41) is 2.84. The van der Waals surface area contributed by atoms with E-state index in [2.05, 4.69) is 11.4 Å². The van der Waals surface area contributed by atoms with Crippen LogP contribution in [0.3, 0.4) is 0 Å². The molecule has 3 nitrogen and oxygen atoms in total. The predicted octanol–water partition coefficient (Wildman–Crippen LogP) is 2.87. The first-order valence-corrected chi connectivity index (χ1v) is 6.97. The highest BCUT2D eigenvalue weighted by Crippen LogP contribution is 2.26. The Balaban J connectivity index is 1.66. The normalized spacial score (nSPS) is 17.1. The topological polar surface area (TPSA) is 38.3 Å². The number of ether oxygens (including phenoxy) is 1. The van der Waals surface area contributed by atoms with Gasteiger partial charge in [0.2, 0.25) is 0 Å². The highest BCUT2D eigenvalue weighted by molar-refractivity contribution is 5.94. The Bertz CT molecular complexity index is 639. The summed E-state index contributed by atoms with van der Waals surface area (Å²) in [5.41, 5.74) is 2.84. The lowest BCUT2D eigenvalue weighted by Gasteiger charge is -2.26. The van der Waals surface area contributed by atoms with Crippen molar-refractivity contribution in [2.45, 2.75) is 12.5 Å². The summed E-state index contributed by atoms with van der Waals surface area (Å²) in [4.78, 5) is 12.0. The fraction of sp³-hybridized carbons (Fsp3) is 0.235. The molecule has 1 atom stereocenters. The molecule has 0 fully saturated rings. The van der Waals surface area contributed by atoms with E-state index in [-0.39, 0.29) is 17.8 Å². The Labute approximate surface area is 122 Å². The standard InChI is InChI=1S/C17H16FNO2/c18-14-7-5-13(6-8-14)17(20)19-11-16-15-4-2-1-3-12(15)9-10-21-16/h1-8,16H,9-11H2,(H,19,20). The third kappa shape index (κ3) is 3.11. The number of fused-ring (bicyclic) bond motifs is 1. The Morgan fingerprint density at radius 1 is 1.19 bits per heavy atom. The zero-order valence-corrected chi connectivity index (χ0v) is 11.5. The van der Waals surface area contributed by atoms with Gasteiger partial charge in [-0.1, -0.05) is 24.3 Å². The molecule has 1 heterocycles. The molecule has 3 rings (SSSR count). The van der Waals surface area contributed by atoms with Crippen LogP contribution in [-0.2, 0) is 11.2 Å². The molecule has 0 saturated heterocycles. The first-order valence-electron chi connectivity index (χ1n) is 6.97. The van der Waals surface area contributed by atoms with E-state index in [0.29, 0.717) is 18.7 Å². The van der Waals surface area contributed by atoms with E-state index in [1.807, 2.05) is 18.2 Å². The predicted molar refractivity (Wildman–Crippen MR) is 77.6 cm³/mol. The molecule has 1 N–H and O–H groups in total. The summed E-state index contributed by atoms with van der Waals surface area (Å²) in [7, 11) is 0. The van der Waals surface area contributed by atoms with E-state index >= 15 is 0 Å². The molecule has 0 aromatic heterocycles. The number of benzene rings is 2. The van der Waals surface area contributed by atoms with E-state index in [4.69, 9.17) is 4.74 Å². The van der Waals surface area contributed by atoms with Crippen LogP contribution >= 0.6 is 0 Å². The van der Waals surface area contributed by atoms with Crippen LogP contribution in [0, 0.1) is 5.82 Å². The molecule has 0 bridgehead atoms. The zero-order valence-electron chi connectivity index (χ0n) is 11.5. The molecule has 1 aliphatic heterocycles. The lowest BCUT2D eigenvalue weighted by Crippen LogP contribution is -2.31. The molecule has 0 spiro atoms. The maximum Gasteiger partial charge on any atom is 0.251 e. The van der Waals surface area contributed by atoms with Gasteiger partial charge in [0.15, 0.2) is 0 Å². The number of carbonyl (C=O) groups excluding carboxylic acids is 1. The third-order valence-electron chi connectivity index (χ3n) is 3.65. The van der Waals surface area contributed by atoms with Gasteiger partial charge in [0.25, 0.3) is 5.91 Å². The van der Waals surface area contributed by atoms with Crippen molar-refractivity contribution in [3.63, 3.8) is 0 Å². The highest BCUT2D eigenvalue weighted by atomic mass is 19.1. The second kappa shape index (κ2) is 6.06. The second-order valence-electron chi connectivity index (χ2n) is 5.03. The maximum atomic E-state index is 12.8. The van der Waals surface area contributed by atoms with Crippen molar-refractivity contribution in [2.24, 2.45) is 0 Å². The molecular weight excluding hydrogens is 269 g/mol. The minimum absolute atomic E-state index is 0.126. The minimum Gasteiger partial charge on any atom is -0.371 e. The molecule has 0 saturated carbocycles. The van der Waals surface area contributed by atoms with Crippen LogP contribution in [-0.4, -0.2) is 19.1 Å². The molecular formula is C17H16FNO2. The van der Waals surface area contributed by atoms with E-state index in [1.54, 1.807) is 0 Å². The van der Waals surface area contributed by atoms with Crippen molar-refractivity contribution in [1.82, 2.24) is 5.32 Å². The maximum absolute atomic E-state index is 12.8. The number of hydrogen-bond donors (Lipinski definition) is 1. The summed E-state index contributed by atoms with van der Waals surface area (Å²) in [6.45, 7) is 1.07. The second-order valence-corrected chi connectivity index (χ2v) is 5.03.